The Labute approximate surface area is 150 Å². The Morgan fingerprint density at radius 1 is 1.32 bits per heavy atom. The molecular formula is C18H20N4O2S. The number of thioether (sulfide) groups is 1. The number of para-hydroxylation sites is 2. The molecular weight excluding hydrogens is 336 g/mol. The zero-order chi connectivity index (χ0) is 17.6. The SMILES string of the molecule is CCn1c(SCC(=O)NCc2ccnc(OC)c2)nc2ccccc21. The van der Waals surface area contributed by atoms with Crippen LogP contribution in [0.4, 0.5) is 0 Å². The van der Waals surface area contributed by atoms with Gasteiger partial charge in [-0.15, -0.1) is 0 Å². The Morgan fingerprint density at radius 2 is 2.16 bits per heavy atom. The summed E-state index contributed by atoms with van der Waals surface area (Å²) in [5, 5.41) is 3.78. The molecule has 0 fully saturated rings. The number of rotatable bonds is 7. The summed E-state index contributed by atoms with van der Waals surface area (Å²) in [5.74, 6) is 0.833. The smallest absolute Gasteiger partial charge is 0.230 e. The van der Waals surface area contributed by atoms with E-state index >= 15 is 0 Å². The first-order valence-electron chi connectivity index (χ1n) is 8.05. The Kier molecular flexibility index (Phi) is 5.55. The van der Waals surface area contributed by atoms with Crippen molar-refractivity contribution in [2.45, 2.75) is 25.2 Å². The van der Waals surface area contributed by atoms with E-state index in [-0.39, 0.29) is 5.91 Å². The molecule has 6 nitrogen and oxygen atoms in total. The molecule has 0 aliphatic rings. The van der Waals surface area contributed by atoms with Crippen LogP contribution in [0.3, 0.4) is 0 Å². The van der Waals surface area contributed by atoms with Gasteiger partial charge in [0, 0.05) is 25.4 Å². The highest BCUT2D eigenvalue weighted by molar-refractivity contribution is 7.99. The molecule has 0 atom stereocenters. The monoisotopic (exact) mass is 356 g/mol. The minimum Gasteiger partial charge on any atom is -0.481 e. The highest BCUT2D eigenvalue weighted by Crippen LogP contribution is 2.23. The predicted molar refractivity (Wildman–Crippen MR) is 98.8 cm³/mol. The summed E-state index contributed by atoms with van der Waals surface area (Å²) in [5.41, 5.74) is 3.00. The zero-order valence-electron chi connectivity index (χ0n) is 14.2. The van der Waals surface area contributed by atoms with Gasteiger partial charge >= 0.3 is 0 Å². The number of benzene rings is 1. The number of hydrogen-bond donors (Lipinski definition) is 1. The highest BCUT2D eigenvalue weighted by Gasteiger charge is 2.11. The van der Waals surface area contributed by atoms with Crippen molar-refractivity contribution in [3.8, 4) is 5.88 Å². The summed E-state index contributed by atoms with van der Waals surface area (Å²) in [7, 11) is 1.57. The van der Waals surface area contributed by atoms with Gasteiger partial charge in [-0.05, 0) is 30.7 Å². The summed E-state index contributed by atoms with van der Waals surface area (Å²) in [6.45, 7) is 3.35. The van der Waals surface area contributed by atoms with Crippen molar-refractivity contribution >= 4 is 28.7 Å². The summed E-state index contributed by atoms with van der Waals surface area (Å²) >= 11 is 1.45. The van der Waals surface area contributed by atoms with Gasteiger partial charge in [0.15, 0.2) is 5.16 Å². The van der Waals surface area contributed by atoms with Gasteiger partial charge in [0.2, 0.25) is 11.8 Å². The Balaban J connectivity index is 1.59. The molecule has 3 aromatic rings. The van der Waals surface area contributed by atoms with Crippen molar-refractivity contribution in [2.75, 3.05) is 12.9 Å². The number of hydrogen-bond acceptors (Lipinski definition) is 5. The van der Waals surface area contributed by atoms with E-state index in [1.54, 1.807) is 13.3 Å². The van der Waals surface area contributed by atoms with Crippen LogP contribution in [-0.2, 0) is 17.9 Å². The maximum atomic E-state index is 12.1. The third kappa shape index (κ3) is 4.11. The Hall–Kier alpha value is -2.54. The molecule has 2 aromatic heterocycles. The lowest BCUT2D eigenvalue weighted by Crippen LogP contribution is -2.24. The van der Waals surface area contributed by atoms with Crippen molar-refractivity contribution in [1.29, 1.82) is 0 Å². The van der Waals surface area contributed by atoms with Crippen LogP contribution < -0.4 is 10.1 Å². The van der Waals surface area contributed by atoms with Crippen LogP contribution in [0.1, 0.15) is 12.5 Å². The molecule has 3 rings (SSSR count). The number of fused-ring (bicyclic) bond motifs is 1. The second kappa shape index (κ2) is 8.02. The van der Waals surface area contributed by atoms with E-state index in [2.05, 4.69) is 26.8 Å². The Bertz CT molecular complexity index is 878. The molecule has 130 valence electrons. The molecule has 0 saturated heterocycles. The first-order chi connectivity index (χ1) is 12.2. The maximum absolute atomic E-state index is 12.1. The summed E-state index contributed by atoms with van der Waals surface area (Å²) in [6.07, 6.45) is 1.67. The number of carbonyl (C=O) groups is 1. The van der Waals surface area contributed by atoms with Crippen LogP contribution >= 0.6 is 11.8 Å². The molecule has 1 amide bonds. The zero-order valence-corrected chi connectivity index (χ0v) is 15.0. The molecule has 1 aromatic carbocycles. The van der Waals surface area contributed by atoms with E-state index in [0.717, 1.165) is 28.3 Å². The van der Waals surface area contributed by atoms with Crippen LogP contribution in [0.15, 0.2) is 47.8 Å². The lowest BCUT2D eigenvalue weighted by molar-refractivity contribution is -0.118. The normalized spacial score (nSPS) is 10.8. The summed E-state index contributed by atoms with van der Waals surface area (Å²) < 4.78 is 7.21. The predicted octanol–water partition coefficient (Wildman–Crippen LogP) is 2.87. The van der Waals surface area contributed by atoms with Gasteiger partial charge in [0.1, 0.15) is 0 Å². The first kappa shape index (κ1) is 17.3. The van der Waals surface area contributed by atoms with Crippen molar-refractivity contribution in [1.82, 2.24) is 19.9 Å². The topological polar surface area (TPSA) is 69.0 Å². The number of carbonyl (C=O) groups excluding carboxylic acids is 1. The average Bonchev–Trinajstić information content (AvgIpc) is 3.02. The fraction of sp³-hybridized carbons (Fsp3) is 0.278. The molecule has 2 heterocycles. The van der Waals surface area contributed by atoms with Crippen LogP contribution in [0.5, 0.6) is 5.88 Å². The second-order valence-electron chi connectivity index (χ2n) is 5.40. The van der Waals surface area contributed by atoms with E-state index in [1.807, 2.05) is 36.4 Å². The number of amides is 1. The fourth-order valence-electron chi connectivity index (χ4n) is 2.52. The van der Waals surface area contributed by atoms with Crippen molar-refractivity contribution < 1.29 is 9.53 Å². The molecule has 0 unspecified atom stereocenters. The van der Waals surface area contributed by atoms with Crippen LogP contribution in [0, 0.1) is 0 Å². The van der Waals surface area contributed by atoms with Gasteiger partial charge in [-0.1, -0.05) is 23.9 Å². The molecule has 0 spiro atoms. The minimum atomic E-state index is -0.0320. The van der Waals surface area contributed by atoms with Crippen LogP contribution in [0.2, 0.25) is 0 Å². The fourth-order valence-corrected chi connectivity index (χ4v) is 3.43. The molecule has 1 N–H and O–H groups in total. The number of aromatic nitrogens is 3. The molecule has 7 heteroatoms. The average molecular weight is 356 g/mol. The van der Waals surface area contributed by atoms with Crippen molar-refractivity contribution in [3.05, 3.63) is 48.2 Å². The molecule has 25 heavy (non-hydrogen) atoms. The minimum absolute atomic E-state index is 0.0320. The summed E-state index contributed by atoms with van der Waals surface area (Å²) in [4.78, 5) is 20.8. The van der Waals surface area contributed by atoms with Crippen LogP contribution in [-0.4, -0.2) is 33.3 Å². The van der Waals surface area contributed by atoms with Crippen molar-refractivity contribution in [2.24, 2.45) is 0 Å². The molecule has 0 aliphatic heterocycles. The van der Waals surface area contributed by atoms with Gasteiger partial charge < -0.3 is 14.6 Å². The standard InChI is InChI=1S/C18H20N4O2S/c1-3-22-15-7-5-4-6-14(15)21-18(22)25-12-16(23)20-11-13-8-9-19-17(10-13)24-2/h4-10H,3,11-12H2,1-2H3,(H,20,23). The lowest BCUT2D eigenvalue weighted by Gasteiger charge is -2.07. The third-order valence-electron chi connectivity index (χ3n) is 3.77. The lowest BCUT2D eigenvalue weighted by atomic mass is 10.2. The largest absolute Gasteiger partial charge is 0.481 e. The highest BCUT2D eigenvalue weighted by atomic mass is 32.2. The number of methoxy groups -OCH3 is 1. The van der Waals surface area contributed by atoms with Crippen molar-refractivity contribution in [3.63, 3.8) is 0 Å². The summed E-state index contributed by atoms with van der Waals surface area (Å²) in [6, 6.07) is 11.7. The van der Waals surface area contributed by atoms with Gasteiger partial charge in [0.25, 0.3) is 0 Å². The number of ether oxygens (including phenoxy) is 1. The van der Waals surface area contributed by atoms with Gasteiger partial charge in [-0.3, -0.25) is 4.79 Å². The van der Waals surface area contributed by atoms with E-state index in [4.69, 9.17) is 4.74 Å². The number of nitrogens with zero attached hydrogens (tertiary/aromatic N) is 3. The van der Waals surface area contributed by atoms with Gasteiger partial charge in [-0.2, -0.15) is 0 Å². The van der Waals surface area contributed by atoms with E-state index in [1.165, 1.54) is 11.8 Å². The number of imidazole rings is 1. The number of pyridine rings is 1. The number of nitrogens with one attached hydrogen (secondary N) is 1. The van der Waals surface area contributed by atoms with E-state index < -0.39 is 0 Å². The second-order valence-corrected chi connectivity index (χ2v) is 6.34. The van der Waals surface area contributed by atoms with Gasteiger partial charge in [0.05, 0.1) is 23.9 Å². The van der Waals surface area contributed by atoms with E-state index in [0.29, 0.717) is 18.2 Å². The van der Waals surface area contributed by atoms with E-state index in [9.17, 15) is 4.79 Å². The molecule has 0 radical (unpaired) electrons. The molecule has 0 aliphatic carbocycles. The number of aryl methyl sites for hydroxylation is 1. The molecule has 0 saturated carbocycles. The quantitative estimate of drug-likeness (QED) is 0.659. The first-order valence-corrected chi connectivity index (χ1v) is 9.03. The Morgan fingerprint density at radius 3 is 2.96 bits per heavy atom. The molecule has 0 bridgehead atoms. The van der Waals surface area contributed by atoms with Crippen LogP contribution in [0.25, 0.3) is 11.0 Å². The van der Waals surface area contributed by atoms with Gasteiger partial charge in [-0.25, -0.2) is 9.97 Å². The third-order valence-corrected chi connectivity index (χ3v) is 4.74. The maximum Gasteiger partial charge on any atom is 0.230 e.